The first kappa shape index (κ1) is 14.7. The summed E-state index contributed by atoms with van der Waals surface area (Å²) in [5, 5.41) is 3.18. The summed E-state index contributed by atoms with van der Waals surface area (Å²) in [6.45, 7) is 0. The van der Waals surface area contributed by atoms with Crippen LogP contribution in [0.5, 0.6) is 0 Å². The van der Waals surface area contributed by atoms with Crippen LogP contribution in [0.15, 0.2) is 22.7 Å². The zero-order chi connectivity index (χ0) is 14.0. The van der Waals surface area contributed by atoms with E-state index in [4.69, 9.17) is 5.73 Å². The smallest absolute Gasteiger partial charge is 0.381 e. The van der Waals surface area contributed by atoms with Crippen molar-refractivity contribution in [2.24, 2.45) is 5.73 Å². The minimum atomic E-state index is -4.31. The molecule has 1 saturated carbocycles. The molecule has 0 bridgehead atoms. The van der Waals surface area contributed by atoms with Gasteiger partial charge in [0.2, 0.25) is 0 Å². The fourth-order valence-corrected chi connectivity index (χ4v) is 2.66. The molecule has 0 aromatic heterocycles. The highest BCUT2D eigenvalue weighted by molar-refractivity contribution is 9.10. The Labute approximate surface area is 118 Å². The van der Waals surface area contributed by atoms with Crippen LogP contribution < -0.4 is 11.1 Å². The van der Waals surface area contributed by atoms with Crippen molar-refractivity contribution in [1.82, 2.24) is 0 Å². The highest BCUT2D eigenvalue weighted by Crippen LogP contribution is 2.35. The van der Waals surface area contributed by atoms with Gasteiger partial charge in [0.05, 0.1) is 5.56 Å². The predicted octanol–water partition coefficient (Wildman–Crippen LogP) is 4.15. The lowest BCUT2D eigenvalue weighted by Crippen LogP contribution is -2.32. The monoisotopic (exact) mass is 336 g/mol. The zero-order valence-corrected chi connectivity index (χ0v) is 11.9. The van der Waals surface area contributed by atoms with Crippen LogP contribution in [0.3, 0.4) is 0 Å². The first-order valence-electron chi connectivity index (χ1n) is 6.25. The maximum atomic E-state index is 12.7. The van der Waals surface area contributed by atoms with Gasteiger partial charge in [-0.15, -0.1) is 0 Å². The lowest BCUT2D eigenvalue weighted by Gasteiger charge is -2.28. The van der Waals surface area contributed by atoms with Gasteiger partial charge in [0, 0.05) is 22.2 Å². The summed E-state index contributed by atoms with van der Waals surface area (Å²) in [5.74, 6) is 0. The Bertz CT molecular complexity index is 440. The fourth-order valence-electron chi connectivity index (χ4n) is 2.30. The minimum Gasteiger partial charge on any atom is -0.381 e. The number of halogens is 4. The fraction of sp³-hybridized carbons (Fsp3) is 0.538. The van der Waals surface area contributed by atoms with Gasteiger partial charge in [-0.25, -0.2) is 0 Å². The molecule has 19 heavy (non-hydrogen) atoms. The summed E-state index contributed by atoms with van der Waals surface area (Å²) in [4.78, 5) is 0. The Morgan fingerprint density at radius 2 is 1.79 bits per heavy atom. The molecule has 2 rings (SSSR count). The maximum absolute atomic E-state index is 12.7. The van der Waals surface area contributed by atoms with Crippen LogP contribution in [0.1, 0.15) is 31.2 Å². The van der Waals surface area contributed by atoms with Gasteiger partial charge in [-0.3, -0.25) is 0 Å². The highest BCUT2D eigenvalue weighted by Gasteiger charge is 2.31. The van der Waals surface area contributed by atoms with Gasteiger partial charge in [0.15, 0.2) is 0 Å². The third kappa shape index (κ3) is 3.86. The topological polar surface area (TPSA) is 38.0 Å². The van der Waals surface area contributed by atoms with Crippen LogP contribution in [0, 0.1) is 0 Å². The summed E-state index contributed by atoms with van der Waals surface area (Å²) in [6, 6.07) is 4.08. The Kier molecular flexibility index (Phi) is 4.40. The molecule has 0 saturated heterocycles. The number of alkyl halides is 3. The van der Waals surface area contributed by atoms with Crippen molar-refractivity contribution in [3.05, 3.63) is 28.2 Å². The van der Waals surface area contributed by atoms with Crippen LogP contribution >= 0.6 is 15.9 Å². The van der Waals surface area contributed by atoms with E-state index in [1.165, 1.54) is 6.07 Å². The van der Waals surface area contributed by atoms with E-state index in [0.29, 0.717) is 10.2 Å². The summed E-state index contributed by atoms with van der Waals surface area (Å²) >= 11 is 3.28. The van der Waals surface area contributed by atoms with Crippen LogP contribution in [-0.2, 0) is 6.18 Å². The number of nitrogens with two attached hydrogens (primary N) is 1. The minimum absolute atomic E-state index is 0.194. The number of hydrogen-bond acceptors (Lipinski definition) is 2. The quantitative estimate of drug-likeness (QED) is 0.851. The van der Waals surface area contributed by atoms with E-state index in [0.717, 1.165) is 37.8 Å². The molecule has 6 heteroatoms. The average Bonchev–Trinajstić information content (AvgIpc) is 2.33. The molecule has 1 aliphatic carbocycles. The molecular weight excluding hydrogens is 321 g/mol. The van der Waals surface area contributed by atoms with Crippen LogP contribution in [-0.4, -0.2) is 12.1 Å². The number of hydrogen-bond donors (Lipinski definition) is 2. The van der Waals surface area contributed by atoms with Crippen LogP contribution in [0.4, 0.5) is 18.9 Å². The molecule has 0 amide bonds. The second kappa shape index (κ2) is 5.71. The molecular formula is C13H16BrF3N2. The molecule has 1 aliphatic rings. The summed E-state index contributed by atoms with van der Waals surface area (Å²) in [7, 11) is 0. The van der Waals surface area contributed by atoms with Gasteiger partial charge in [-0.05, 0) is 59.8 Å². The average molecular weight is 337 g/mol. The molecule has 1 aromatic rings. The van der Waals surface area contributed by atoms with Gasteiger partial charge in [-0.1, -0.05) is 0 Å². The Morgan fingerprint density at radius 1 is 1.16 bits per heavy atom. The van der Waals surface area contributed by atoms with E-state index < -0.39 is 11.7 Å². The molecule has 2 nitrogen and oxygen atoms in total. The van der Waals surface area contributed by atoms with Crippen LogP contribution in [0.2, 0.25) is 0 Å². The van der Waals surface area contributed by atoms with E-state index in [9.17, 15) is 13.2 Å². The van der Waals surface area contributed by atoms with Crippen molar-refractivity contribution in [3.8, 4) is 0 Å². The Morgan fingerprint density at radius 3 is 2.37 bits per heavy atom. The molecule has 0 atom stereocenters. The first-order valence-corrected chi connectivity index (χ1v) is 7.04. The standard InChI is InChI=1S/C13H16BrF3N2/c14-11-6-1-8(13(15,16)17)7-12(11)19-10-4-2-9(18)3-5-10/h1,6-7,9-10,19H,2-5,18H2. The molecule has 0 spiro atoms. The third-order valence-electron chi connectivity index (χ3n) is 3.43. The van der Waals surface area contributed by atoms with Gasteiger partial charge >= 0.3 is 6.18 Å². The summed E-state index contributed by atoms with van der Waals surface area (Å²) in [5.41, 5.74) is 5.68. The van der Waals surface area contributed by atoms with Gasteiger partial charge in [0.1, 0.15) is 0 Å². The summed E-state index contributed by atoms with van der Waals surface area (Å²) in [6.07, 6.45) is -0.706. The van der Waals surface area contributed by atoms with E-state index >= 15 is 0 Å². The Hall–Kier alpha value is -0.750. The Balaban J connectivity index is 2.11. The first-order chi connectivity index (χ1) is 8.86. The van der Waals surface area contributed by atoms with Crippen LogP contribution in [0.25, 0.3) is 0 Å². The second-order valence-electron chi connectivity index (χ2n) is 4.95. The molecule has 0 radical (unpaired) electrons. The molecule has 1 aromatic carbocycles. The lowest BCUT2D eigenvalue weighted by molar-refractivity contribution is -0.137. The van der Waals surface area contributed by atoms with Gasteiger partial charge < -0.3 is 11.1 Å². The van der Waals surface area contributed by atoms with E-state index in [1.807, 2.05) is 0 Å². The van der Waals surface area contributed by atoms with Crippen molar-refractivity contribution in [2.45, 2.75) is 43.9 Å². The number of rotatable bonds is 2. The zero-order valence-electron chi connectivity index (χ0n) is 10.3. The highest BCUT2D eigenvalue weighted by atomic mass is 79.9. The van der Waals surface area contributed by atoms with E-state index in [1.54, 1.807) is 0 Å². The van der Waals surface area contributed by atoms with Gasteiger partial charge in [0.25, 0.3) is 0 Å². The van der Waals surface area contributed by atoms with Crippen molar-refractivity contribution in [1.29, 1.82) is 0 Å². The third-order valence-corrected chi connectivity index (χ3v) is 4.12. The van der Waals surface area contributed by atoms with Crippen molar-refractivity contribution < 1.29 is 13.2 Å². The lowest BCUT2D eigenvalue weighted by atomic mass is 9.91. The molecule has 106 valence electrons. The number of nitrogens with one attached hydrogen (secondary N) is 1. The van der Waals surface area contributed by atoms with E-state index in [2.05, 4.69) is 21.2 Å². The second-order valence-corrected chi connectivity index (χ2v) is 5.80. The summed E-state index contributed by atoms with van der Waals surface area (Å²) < 4.78 is 38.7. The largest absolute Gasteiger partial charge is 0.416 e. The van der Waals surface area contributed by atoms with Crippen molar-refractivity contribution >= 4 is 21.6 Å². The number of benzene rings is 1. The molecule has 0 heterocycles. The van der Waals surface area contributed by atoms with Crippen molar-refractivity contribution in [3.63, 3.8) is 0 Å². The van der Waals surface area contributed by atoms with Gasteiger partial charge in [-0.2, -0.15) is 13.2 Å². The molecule has 1 fully saturated rings. The molecule has 0 unspecified atom stereocenters. The molecule has 0 aliphatic heterocycles. The van der Waals surface area contributed by atoms with E-state index in [-0.39, 0.29) is 12.1 Å². The SMILES string of the molecule is NC1CCC(Nc2cc(C(F)(F)F)ccc2Br)CC1. The predicted molar refractivity (Wildman–Crippen MR) is 73.0 cm³/mol. The van der Waals surface area contributed by atoms with Crippen molar-refractivity contribution in [2.75, 3.05) is 5.32 Å². The normalized spacial score (nSPS) is 24.3. The maximum Gasteiger partial charge on any atom is 0.416 e. The molecule has 3 N–H and O–H groups in total. The number of anilines is 1.